The average Bonchev–Trinajstić information content (AvgIpc) is 2.78. The summed E-state index contributed by atoms with van der Waals surface area (Å²) in [5.74, 6) is 2.86. The first-order valence-electron chi connectivity index (χ1n) is 9.33. The topological polar surface area (TPSA) is 61.8 Å². The summed E-state index contributed by atoms with van der Waals surface area (Å²) in [4.78, 5) is 4.11. The van der Waals surface area contributed by atoms with Gasteiger partial charge in [0.25, 0.3) is 0 Å². The average molecular weight is 394 g/mol. The molecule has 6 heteroatoms. The molecule has 0 saturated heterocycles. The van der Waals surface area contributed by atoms with E-state index in [4.69, 9.17) is 18.9 Å². The van der Waals surface area contributed by atoms with Gasteiger partial charge in [-0.2, -0.15) is 0 Å². The van der Waals surface area contributed by atoms with Crippen LogP contribution in [0.4, 0.5) is 0 Å². The molecular weight excluding hydrogens is 368 g/mol. The van der Waals surface area contributed by atoms with Gasteiger partial charge in [0.1, 0.15) is 6.61 Å². The number of hydrogen-bond donors (Lipinski definition) is 1. The van der Waals surface area contributed by atoms with Crippen LogP contribution in [0.3, 0.4) is 0 Å². The van der Waals surface area contributed by atoms with Gasteiger partial charge in [-0.1, -0.05) is 18.2 Å². The normalized spacial score (nSPS) is 10.4. The number of rotatable bonds is 10. The molecule has 0 unspecified atom stereocenters. The van der Waals surface area contributed by atoms with Crippen molar-refractivity contribution in [3.05, 3.63) is 77.6 Å². The maximum absolute atomic E-state index is 5.95. The first kappa shape index (κ1) is 20.5. The SMILES string of the molecule is COc1ccc(CNCc2ccc(OC)c(OCc3cccnc3)c2)cc1OC. The molecule has 0 spiro atoms. The summed E-state index contributed by atoms with van der Waals surface area (Å²) in [7, 11) is 4.91. The van der Waals surface area contributed by atoms with Gasteiger partial charge < -0.3 is 24.3 Å². The number of hydrogen-bond acceptors (Lipinski definition) is 6. The van der Waals surface area contributed by atoms with Crippen molar-refractivity contribution >= 4 is 0 Å². The van der Waals surface area contributed by atoms with E-state index in [9.17, 15) is 0 Å². The van der Waals surface area contributed by atoms with E-state index in [-0.39, 0.29) is 0 Å². The molecule has 0 bridgehead atoms. The number of nitrogens with zero attached hydrogens (tertiary/aromatic N) is 1. The molecule has 1 aromatic heterocycles. The van der Waals surface area contributed by atoms with Gasteiger partial charge in [-0.05, 0) is 41.5 Å². The first-order valence-corrected chi connectivity index (χ1v) is 9.33. The lowest BCUT2D eigenvalue weighted by Gasteiger charge is -2.13. The highest BCUT2D eigenvalue weighted by Crippen LogP contribution is 2.29. The minimum atomic E-state index is 0.437. The molecule has 3 rings (SSSR count). The third kappa shape index (κ3) is 5.62. The number of benzene rings is 2. The van der Waals surface area contributed by atoms with Crippen molar-refractivity contribution in [2.45, 2.75) is 19.7 Å². The Bertz CT molecular complexity index is 916. The van der Waals surface area contributed by atoms with Crippen molar-refractivity contribution in [1.29, 1.82) is 0 Å². The highest BCUT2D eigenvalue weighted by molar-refractivity contribution is 5.44. The summed E-state index contributed by atoms with van der Waals surface area (Å²) in [6.45, 7) is 1.84. The van der Waals surface area contributed by atoms with Gasteiger partial charge in [-0.15, -0.1) is 0 Å². The standard InChI is InChI=1S/C23H26N2O4/c1-26-20-8-6-17(11-22(20)28-3)13-25-14-18-7-9-21(27-2)23(12-18)29-16-19-5-4-10-24-15-19/h4-12,15,25H,13-14,16H2,1-3H3. The summed E-state index contributed by atoms with van der Waals surface area (Å²) in [5, 5.41) is 3.44. The molecule has 0 radical (unpaired) electrons. The fourth-order valence-corrected chi connectivity index (χ4v) is 2.93. The third-order valence-corrected chi connectivity index (χ3v) is 4.45. The Morgan fingerprint density at radius 1 is 0.724 bits per heavy atom. The van der Waals surface area contributed by atoms with Crippen LogP contribution in [-0.2, 0) is 19.7 Å². The van der Waals surface area contributed by atoms with Crippen LogP contribution < -0.4 is 24.3 Å². The number of aromatic nitrogens is 1. The highest BCUT2D eigenvalue weighted by Gasteiger charge is 2.08. The van der Waals surface area contributed by atoms with Gasteiger partial charge in [0.05, 0.1) is 21.3 Å². The van der Waals surface area contributed by atoms with E-state index in [1.807, 2.05) is 48.5 Å². The van der Waals surface area contributed by atoms with Crippen LogP contribution in [0.2, 0.25) is 0 Å². The maximum atomic E-state index is 5.95. The lowest BCUT2D eigenvalue weighted by molar-refractivity contribution is 0.283. The zero-order valence-corrected chi connectivity index (χ0v) is 17.0. The summed E-state index contributed by atoms with van der Waals surface area (Å²) in [5.41, 5.74) is 3.23. The number of ether oxygens (including phenoxy) is 4. The van der Waals surface area contributed by atoms with Gasteiger partial charge >= 0.3 is 0 Å². The molecule has 29 heavy (non-hydrogen) atoms. The smallest absolute Gasteiger partial charge is 0.161 e. The number of methoxy groups -OCH3 is 3. The van der Waals surface area contributed by atoms with Gasteiger partial charge in [0.15, 0.2) is 23.0 Å². The molecule has 152 valence electrons. The Balaban J connectivity index is 1.61. The fourth-order valence-electron chi connectivity index (χ4n) is 2.93. The van der Waals surface area contributed by atoms with E-state index in [0.717, 1.165) is 28.2 Å². The maximum Gasteiger partial charge on any atom is 0.161 e. The van der Waals surface area contributed by atoms with Crippen LogP contribution in [0.5, 0.6) is 23.0 Å². The second kappa shape index (κ2) is 10.3. The van der Waals surface area contributed by atoms with Crippen molar-refractivity contribution < 1.29 is 18.9 Å². The van der Waals surface area contributed by atoms with Crippen LogP contribution >= 0.6 is 0 Å². The molecule has 1 N–H and O–H groups in total. The minimum Gasteiger partial charge on any atom is -0.493 e. The van der Waals surface area contributed by atoms with Crippen molar-refractivity contribution in [2.75, 3.05) is 21.3 Å². The molecule has 0 fully saturated rings. The van der Waals surface area contributed by atoms with E-state index >= 15 is 0 Å². The van der Waals surface area contributed by atoms with E-state index in [2.05, 4.69) is 10.3 Å². The molecule has 0 amide bonds. The zero-order valence-electron chi connectivity index (χ0n) is 17.0. The predicted octanol–water partition coefficient (Wildman–Crippen LogP) is 3.98. The summed E-state index contributed by atoms with van der Waals surface area (Å²) in [6, 6.07) is 15.7. The highest BCUT2D eigenvalue weighted by atomic mass is 16.5. The van der Waals surface area contributed by atoms with E-state index in [0.29, 0.717) is 31.2 Å². The Kier molecular flexibility index (Phi) is 7.30. The molecule has 1 heterocycles. The van der Waals surface area contributed by atoms with Gasteiger partial charge in [0.2, 0.25) is 0 Å². The van der Waals surface area contributed by atoms with E-state index in [1.54, 1.807) is 33.7 Å². The van der Waals surface area contributed by atoms with Gasteiger partial charge in [0, 0.05) is 31.0 Å². The Hall–Kier alpha value is -3.25. The molecule has 6 nitrogen and oxygen atoms in total. The Labute approximate surface area is 171 Å². The van der Waals surface area contributed by atoms with Crippen molar-refractivity contribution in [3.8, 4) is 23.0 Å². The Morgan fingerprint density at radius 3 is 1.93 bits per heavy atom. The van der Waals surface area contributed by atoms with Crippen molar-refractivity contribution in [1.82, 2.24) is 10.3 Å². The molecule has 0 aliphatic heterocycles. The van der Waals surface area contributed by atoms with Gasteiger partial charge in [-0.25, -0.2) is 0 Å². The number of pyridine rings is 1. The molecule has 0 aliphatic rings. The van der Waals surface area contributed by atoms with E-state index < -0.39 is 0 Å². The summed E-state index contributed by atoms with van der Waals surface area (Å²) >= 11 is 0. The second-order valence-electron chi connectivity index (χ2n) is 6.43. The molecular formula is C23H26N2O4. The lowest BCUT2D eigenvalue weighted by atomic mass is 10.1. The summed E-state index contributed by atoms with van der Waals surface area (Å²) in [6.07, 6.45) is 3.54. The first-order chi connectivity index (χ1) is 14.2. The zero-order chi connectivity index (χ0) is 20.5. The Morgan fingerprint density at radius 2 is 1.34 bits per heavy atom. The van der Waals surface area contributed by atoms with Crippen LogP contribution in [0.15, 0.2) is 60.9 Å². The fraction of sp³-hybridized carbons (Fsp3) is 0.261. The van der Waals surface area contributed by atoms with Crippen molar-refractivity contribution in [2.24, 2.45) is 0 Å². The van der Waals surface area contributed by atoms with Gasteiger partial charge in [-0.3, -0.25) is 4.98 Å². The van der Waals surface area contributed by atoms with Crippen LogP contribution in [-0.4, -0.2) is 26.3 Å². The quantitative estimate of drug-likeness (QED) is 0.561. The minimum absolute atomic E-state index is 0.437. The third-order valence-electron chi connectivity index (χ3n) is 4.45. The van der Waals surface area contributed by atoms with Crippen LogP contribution in [0.25, 0.3) is 0 Å². The second-order valence-corrected chi connectivity index (χ2v) is 6.43. The molecule has 0 atom stereocenters. The van der Waals surface area contributed by atoms with E-state index in [1.165, 1.54) is 0 Å². The predicted molar refractivity (Wildman–Crippen MR) is 112 cm³/mol. The molecule has 0 saturated carbocycles. The monoisotopic (exact) mass is 394 g/mol. The molecule has 0 aliphatic carbocycles. The molecule has 2 aromatic carbocycles. The van der Waals surface area contributed by atoms with Crippen LogP contribution in [0.1, 0.15) is 16.7 Å². The largest absolute Gasteiger partial charge is 0.493 e. The lowest BCUT2D eigenvalue weighted by Crippen LogP contribution is -2.13. The molecule has 3 aromatic rings. The summed E-state index contributed by atoms with van der Waals surface area (Å²) < 4.78 is 22.0. The van der Waals surface area contributed by atoms with Crippen molar-refractivity contribution in [3.63, 3.8) is 0 Å². The number of nitrogens with one attached hydrogen (secondary N) is 1. The van der Waals surface area contributed by atoms with Crippen LogP contribution in [0, 0.1) is 0 Å².